The Balaban J connectivity index is 1.91. The lowest BCUT2D eigenvalue weighted by Gasteiger charge is -2.44. The first kappa shape index (κ1) is 22.8. The van der Waals surface area contributed by atoms with E-state index in [4.69, 9.17) is 37.4 Å². The number of nitrogens with zero attached hydrogens (tertiary/aromatic N) is 1. The minimum Gasteiger partial charge on any atom is -0.494 e. The van der Waals surface area contributed by atoms with E-state index in [0.717, 1.165) is 31.7 Å². The number of methoxy groups -OCH3 is 1. The topological polar surface area (TPSA) is 30.9 Å². The van der Waals surface area contributed by atoms with Gasteiger partial charge in [0.2, 0.25) is 0 Å². The summed E-state index contributed by atoms with van der Waals surface area (Å²) in [7, 11) is 1.79. The molecule has 1 aliphatic rings. The molecule has 0 aromatic heterocycles. The van der Waals surface area contributed by atoms with Crippen molar-refractivity contribution in [2.75, 3.05) is 33.4 Å². The minimum atomic E-state index is 0.0190. The Hall–Kier alpha value is -0.520. The number of unbranched alkanes of at least 4 members (excludes halogenated alkanes) is 2. The molecular weight excluding hydrogens is 385 g/mol. The highest BCUT2D eigenvalue weighted by atomic mass is 35.5. The van der Waals surface area contributed by atoms with Crippen molar-refractivity contribution in [3.8, 4) is 5.75 Å². The molecule has 0 amide bonds. The summed E-state index contributed by atoms with van der Waals surface area (Å²) in [5.74, 6) is 1.16. The molecule has 1 fully saturated rings. The van der Waals surface area contributed by atoms with Gasteiger partial charge in [-0.1, -0.05) is 43.0 Å². The molecule has 27 heavy (non-hydrogen) atoms. The number of hydrogen-bond donors (Lipinski definition) is 0. The molecule has 0 spiro atoms. The fourth-order valence-corrected chi connectivity index (χ4v) is 4.05. The van der Waals surface area contributed by atoms with Crippen LogP contribution in [0.15, 0.2) is 18.2 Å². The van der Waals surface area contributed by atoms with Crippen molar-refractivity contribution in [1.82, 2.24) is 4.90 Å². The van der Waals surface area contributed by atoms with Crippen LogP contribution < -0.4 is 4.74 Å². The van der Waals surface area contributed by atoms with E-state index in [1.54, 1.807) is 19.2 Å². The Labute approximate surface area is 174 Å². The molecule has 4 nitrogen and oxygen atoms in total. The third-order valence-corrected chi connectivity index (χ3v) is 5.93. The average Bonchev–Trinajstić information content (AvgIpc) is 2.66. The molecule has 6 heteroatoms. The van der Waals surface area contributed by atoms with Crippen molar-refractivity contribution in [3.63, 3.8) is 0 Å². The molecule has 3 unspecified atom stereocenters. The molecule has 0 saturated carbocycles. The lowest BCUT2D eigenvalue weighted by molar-refractivity contribution is -0.173. The zero-order valence-corrected chi connectivity index (χ0v) is 18.3. The molecule has 1 aromatic rings. The minimum absolute atomic E-state index is 0.0190. The zero-order valence-electron chi connectivity index (χ0n) is 16.8. The van der Waals surface area contributed by atoms with Crippen molar-refractivity contribution in [1.29, 1.82) is 0 Å². The van der Waals surface area contributed by atoms with E-state index >= 15 is 0 Å². The van der Waals surface area contributed by atoms with Gasteiger partial charge in [0.05, 0.1) is 16.7 Å². The summed E-state index contributed by atoms with van der Waals surface area (Å²) in [6.45, 7) is 7.71. The van der Waals surface area contributed by atoms with Gasteiger partial charge in [0, 0.05) is 32.9 Å². The Bertz CT molecular complexity index is 558. The highest BCUT2D eigenvalue weighted by Crippen LogP contribution is 2.31. The fourth-order valence-electron chi connectivity index (χ4n) is 3.77. The smallest absolute Gasteiger partial charge is 0.136 e. The first-order valence-corrected chi connectivity index (χ1v) is 10.8. The Kier molecular flexibility index (Phi) is 10.2. The number of hydrogen-bond acceptors (Lipinski definition) is 4. The van der Waals surface area contributed by atoms with Crippen LogP contribution in [0, 0.1) is 5.92 Å². The van der Waals surface area contributed by atoms with Crippen LogP contribution in [0.4, 0.5) is 0 Å². The van der Waals surface area contributed by atoms with Gasteiger partial charge in [0.1, 0.15) is 18.1 Å². The standard InChI is InChI=1S/C21H33Cl2NO3/c1-4-6-7-12-24-13-10-16(20(26-5-2)21(24)25-3)11-14-27-17-8-9-18(22)19(23)15-17/h8-9,15-16,20-21H,4-7,10-14H2,1-3H3. The van der Waals surface area contributed by atoms with Gasteiger partial charge in [0.15, 0.2) is 0 Å². The molecule has 1 aromatic carbocycles. The maximum atomic E-state index is 6.11. The monoisotopic (exact) mass is 417 g/mol. The Morgan fingerprint density at radius 1 is 1.15 bits per heavy atom. The molecular formula is C21H33Cl2NO3. The van der Waals surface area contributed by atoms with Crippen molar-refractivity contribution in [3.05, 3.63) is 28.2 Å². The normalized spacial score (nSPS) is 23.5. The van der Waals surface area contributed by atoms with Crippen LogP contribution in [0.5, 0.6) is 5.75 Å². The summed E-state index contributed by atoms with van der Waals surface area (Å²) < 4.78 is 17.9. The van der Waals surface area contributed by atoms with Gasteiger partial charge < -0.3 is 14.2 Å². The van der Waals surface area contributed by atoms with E-state index in [1.165, 1.54) is 19.3 Å². The van der Waals surface area contributed by atoms with Crippen LogP contribution in [0.1, 0.15) is 46.0 Å². The summed E-state index contributed by atoms with van der Waals surface area (Å²) >= 11 is 12.0. The largest absolute Gasteiger partial charge is 0.494 e. The molecule has 0 radical (unpaired) electrons. The number of benzene rings is 1. The van der Waals surface area contributed by atoms with Crippen molar-refractivity contribution in [2.45, 2.75) is 58.3 Å². The van der Waals surface area contributed by atoms with E-state index in [1.807, 2.05) is 13.0 Å². The summed E-state index contributed by atoms with van der Waals surface area (Å²) in [5.41, 5.74) is 0. The predicted octanol–water partition coefficient (Wildman–Crippen LogP) is 5.65. The van der Waals surface area contributed by atoms with Crippen molar-refractivity contribution in [2.24, 2.45) is 5.92 Å². The van der Waals surface area contributed by atoms with E-state index < -0.39 is 0 Å². The molecule has 1 heterocycles. The lowest BCUT2D eigenvalue weighted by Crippen LogP contribution is -2.54. The van der Waals surface area contributed by atoms with Crippen LogP contribution in [0.2, 0.25) is 10.0 Å². The molecule has 0 bridgehead atoms. The van der Waals surface area contributed by atoms with Gasteiger partial charge in [0.25, 0.3) is 0 Å². The summed E-state index contributed by atoms with van der Waals surface area (Å²) in [4.78, 5) is 2.44. The van der Waals surface area contributed by atoms with Gasteiger partial charge >= 0.3 is 0 Å². The molecule has 0 aliphatic carbocycles. The van der Waals surface area contributed by atoms with Crippen molar-refractivity contribution >= 4 is 23.2 Å². The number of ether oxygens (including phenoxy) is 3. The number of likely N-dealkylation sites (tertiary alicyclic amines) is 1. The van der Waals surface area contributed by atoms with Gasteiger partial charge in [-0.2, -0.15) is 0 Å². The summed E-state index contributed by atoms with van der Waals surface area (Å²) in [6, 6.07) is 5.37. The average molecular weight is 418 g/mol. The molecule has 1 saturated heterocycles. The number of piperidine rings is 1. The van der Waals surface area contributed by atoms with E-state index in [9.17, 15) is 0 Å². The highest BCUT2D eigenvalue weighted by Gasteiger charge is 2.38. The lowest BCUT2D eigenvalue weighted by atomic mass is 9.89. The summed E-state index contributed by atoms with van der Waals surface area (Å²) in [5, 5.41) is 1.06. The second-order valence-corrected chi connectivity index (χ2v) is 7.87. The molecule has 1 aliphatic heterocycles. The van der Waals surface area contributed by atoms with Crippen LogP contribution in [-0.4, -0.2) is 50.6 Å². The third-order valence-electron chi connectivity index (χ3n) is 5.19. The van der Waals surface area contributed by atoms with Crippen LogP contribution in [0.3, 0.4) is 0 Å². The number of halogens is 2. The molecule has 154 valence electrons. The van der Waals surface area contributed by atoms with Gasteiger partial charge in [-0.3, -0.25) is 4.90 Å². The van der Waals surface area contributed by atoms with Crippen molar-refractivity contribution < 1.29 is 14.2 Å². The zero-order chi connectivity index (χ0) is 19.6. The highest BCUT2D eigenvalue weighted by molar-refractivity contribution is 6.42. The van der Waals surface area contributed by atoms with Crippen LogP contribution in [0.25, 0.3) is 0 Å². The quantitative estimate of drug-likeness (QED) is 0.435. The van der Waals surface area contributed by atoms with Gasteiger partial charge in [-0.05, 0) is 44.2 Å². The maximum Gasteiger partial charge on any atom is 0.136 e. The number of rotatable bonds is 11. The molecule has 3 atom stereocenters. The van der Waals surface area contributed by atoms with E-state index in [2.05, 4.69) is 11.8 Å². The predicted molar refractivity (Wildman–Crippen MR) is 112 cm³/mol. The SMILES string of the molecule is CCCCCN1CCC(CCOc2ccc(Cl)c(Cl)c2)C(OCC)C1OC. The van der Waals surface area contributed by atoms with Crippen LogP contribution >= 0.6 is 23.2 Å². The second-order valence-electron chi connectivity index (χ2n) is 7.05. The van der Waals surface area contributed by atoms with Gasteiger partial charge in [-0.15, -0.1) is 0 Å². The van der Waals surface area contributed by atoms with E-state index in [0.29, 0.717) is 29.2 Å². The Morgan fingerprint density at radius 2 is 1.96 bits per heavy atom. The molecule has 0 N–H and O–H groups in total. The molecule has 2 rings (SSSR count). The third kappa shape index (κ3) is 6.79. The first-order chi connectivity index (χ1) is 13.1. The first-order valence-electron chi connectivity index (χ1n) is 10.1. The van der Waals surface area contributed by atoms with Crippen LogP contribution in [-0.2, 0) is 9.47 Å². The fraction of sp³-hybridized carbons (Fsp3) is 0.714. The Morgan fingerprint density at radius 3 is 2.63 bits per heavy atom. The van der Waals surface area contributed by atoms with E-state index in [-0.39, 0.29) is 12.3 Å². The summed E-state index contributed by atoms with van der Waals surface area (Å²) in [6.07, 6.45) is 5.82. The maximum absolute atomic E-state index is 6.11. The second kappa shape index (κ2) is 12.1. The van der Waals surface area contributed by atoms with Gasteiger partial charge in [-0.25, -0.2) is 0 Å².